The van der Waals surface area contributed by atoms with Crippen molar-refractivity contribution in [3.05, 3.63) is 0 Å². The van der Waals surface area contributed by atoms with E-state index in [1.807, 2.05) is 0 Å². The summed E-state index contributed by atoms with van der Waals surface area (Å²) in [7, 11) is 0. The molecule has 0 amide bonds. The van der Waals surface area contributed by atoms with Gasteiger partial charge in [-0.3, -0.25) is 4.79 Å². The molecule has 33 heavy (non-hydrogen) atoms. The third kappa shape index (κ3) is 5.24. The molecule has 0 aromatic heterocycles. The number of hydrogen-bond donors (Lipinski definition) is 6. The van der Waals surface area contributed by atoms with Gasteiger partial charge >= 0.3 is 5.97 Å². The van der Waals surface area contributed by atoms with Gasteiger partial charge in [0.25, 0.3) is 0 Å². The first-order valence-corrected chi connectivity index (χ1v) is 12.5. The van der Waals surface area contributed by atoms with E-state index >= 15 is 0 Å². The molecule has 0 bridgehead atoms. The maximum Gasteiger partial charge on any atom is 0.309 e. The fraction of sp³-hybridized carbons (Fsp3) is 0.958. The Bertz CT molecular complexity index is 665. The van der Waals surface area contributed by atoms with Crippen LogP contribution in [-0.2, 0) is 14.3 Å². The fourth-order valence-corrected chi connectivity index (χ4v) is 6.53. The molecule has 0 radical (unpaired) electrons. The molecular formula is C24H40O9. The highest BCUT2D eigenvalue weighted by atomic mass is 16.6. The number of aliphatic hydroxyl groups excluding tert-OH is 6. The van der Waals surface area contributed by atoms with Crippen molar-refractivity contribution in [1.82, 2.24) is 0 Å². The molecule has 4 fully saturated rings. The van der Waals surface area contributed by atoms with Crippen molar-refractivity contribution >= 4 is 5.97 Å². The van der Waals surface area contributed by atoms with Crippen molar-refractivity contribution < 1.29 is 44.9 Å². The molecule has 3 saturated carbocycles. The molecule has 10 unspecified atom stereocenters. The minimum atomic E-state index is -0.985. The molecule has 4 aliphatic rings. The Hall–Kier alpha value is -0.810. The van der Waals surface area contributed by atoms with E-state index in [4.69, 9.17) is 9.47 Å². The van der Waals surface area contributed by atoms with Crippen LogP contribution in [0.5, 0.6) is 0 Å². The van der Waals surface area contributed by atoms with E-state index in [-0.39, 0.29) is 42.6 Å². The lowest BCUT2D eigenvalue weighted by Crippen LogP contribution is -2.57. The molecule has 1 heterocycles. The number of ether oxygens (including phenoxy) is 2. The lowest BCUT2D eigenvalue weighted by molar-refractivity contribution is -0.230. The second-order valence-corrected chi connectivity index (χ2v) is 11.1. The van der Waals surface area contributed by atoms with E-state index in [2.05, 4.69) is 0 Å². The Balaban J connectivity index is 1.51. The molecular weight excluding hydrogens is 432 g/mol. The SMILES string of the molecule is CC1CC(C(=O)O[C@@H]2CC3C(O)CC(O)CC3O[C@@H]2C2CC(O)C(C)C(O)C2)CC(O)C1O. The third-order valence-corrected chi connectivity index (χ3v) is 8.72. The normalized spacial score (nSPS) is 53.2. The molecule has 0 aromatic rings. The summed E-state index contributed by atoms with van der Waals surface area (Å²) in [5.74, 6) is -2.01. The molecule has 1 aliphatic heterocycles. The fourth-order valence-electron chi connectivity index (χ4n) is 6.53. The highest BCUT2D eigenvalue weighted by molar-refractivity contribution is 5.73. The molecule has 9 nitrogen and oxygen atoms in total. The quantitative estimate of drug-likeness (QED) is 0.304. The topological polar surface area (TPSA) is 157 Å². The van der Waals surface area contributed by atoms with Crippen LogP contribution in [0.1, 0.15) is 58.8 Å². The Morgan fingerprint density at radius 2 is 1.45 bits per heavy atom. The molecule has 12 atom stereocenters. The van der Waals surface area contributed by atoms with Gasteiger partial charge in [0.15, 0.2) is 0 Å². The van der Waals surface area contributed by atoms with Gasteiger partial charge in [-0.05, 0) is 56.8 Å². The summed E-state index contributed by atoms with van der Waals surface area (Å²) in [6, 6.07) is 0. The van der Waals surface area contributed by atoms with Gasteiger partial charge in [0.05, 0.1) is 54.7 Å². The predicted molar refractivity (Wildman–Crippen MR) is 116 cm³/mol. The Labute approximate surface area is 194 Å². The van der Waals surface area contributed by atoms with Crippen LogP contribution < -0.4 is 0 Å². The Kier molecular flexibility index (Phi) is 7.70. The summed E-state index contributed by atoms with van der Waals surface area (Å²) >= 11 is 0. The molecule has 3 aliphatic carbocycles. The zero-order valence-electron chi connectivity index (χ0n) is 19.4. The molecule has 9 heteroatoms. The van der Waals surface area contributed by atoms with E-state index < -0.39 is 60.7 Å². The molecule has 190 valence electrons. The van der Waals surface area contributed by atoms with Crippen LogP contribution in [0, 0.1) is 29.6 Å². The van der Waals surface area contributed by atoms with Crippen LogP contribution in [-0.4, -0.2) is 91.5 Å². The van der Waals surface area contributed by atoms with Crippen LogP contribution in [0.25, 0.3) is 0 Å². The van der Waals surface area contributed by atoms with Gasteiger partial charge in [-0.15, -0.1) is 0 Å². The summed E-state index contributed by atoms with van der Waals surface area (Å²) in [5, 5.41) is 61.8. The lowest BCUT2D eigenvalue weighted by atomic mass is 9.70. The second-order valence-electron chi connectivity index (χ2n) is 11.1. The van der Waals surface area contributed by atoms with Crippen molar-refractivity contribution in [2.45, 2.75) is 114 Å². The Morgan fingerprint density at radius 3 is 2.09 bits per heavy atom. The maximum absolute atomic E-state index is 13.1. The molecule has 0 aromatic carbocycles. The van der Waals surface area contributed by atoms with Crippen molar-refractivity contribution in [1.29, 1.82) is 0 Å². The standard InChI is InChI=1S/C24H40O9/c1-10-3-13(6-19(29)22(10)30)24(31)33-21-9-15-18(28)7-14(25)8-20(15)32-23(21)12-4-16(26)11(2)17(27)5-12/h10-23,25-30H,3-9H2,1-2H3/t10?,11?,12?,13?,14?,15?,16?,17?,18?,19?,20?,21-,22?,23-/m1/s1. The van der Waals surface area contributed by atoms with Crippen LogP contribution in [0.2, 0.25) is 0 Å². The number of aliphatic hydroxyl groups is 6. The van der Waals surface area contributed by atoms with Gasteiger partial charge in [-0.25, -0.2) is 0 Å². The van der Waals surface area contributed by atoms with E-state index in [9.17, 15) is 35.4 Å². The predicted octanol–water partition coefficient (Wildman–Crippen LogP) is -0.277. The van der Waals surface area contributed by atoms with Crippen molar-refractivity contribution in [3.63, 3.8) is 0 Å². The van der Waals surface area contributed by atoms with Gasteiger partial charge < -0.3 is 40.1 Å². The number of esters is 1. The number of carbonyl (C=O) groups is 1. The summed E-state index contributed by atoms with van der Waals surface area (Å²) in [6.07, 6.45) is -3.94. The minimum Gasteiger partial charge on any atom is -0.459 e. The van der Waals surface area contributed by atoms with Gasteiger partial charge in [0.1, 0.15) is 6.10 Å². The van der Waals surface area contributed by atoms with E-state index in [1.54, 1.807) is 13.8 Å². The summed E-state index contributed by atoms with van der Waals surface area (Å²) < 4.78 is 12.3. The molecule has 0 spiro atoms. The Morgan fingerprint density at radius 1 is 0.788 bits per heavy atom. The zero-order valence-corrected chi connectivity index (χ0v) is 19.4. The monoisotopic (exact) mass is 472 g/mol. The molecule has 4 rings (SSSR count). The highest BCUT2D eigenvalue weighted by Crippen LogP contribution is 2.43. The van der Waals surface area contributed by atoms with Crippen LogP contribution in [0.4, 0.5) is 0 Å². The first kappa shape index (κ1) is 25.3. The number of fused-ring (bicyclic) bond motifs is 1. The van der Waals surface area contributed by atoms with E-state index in [0.29, 0.717) is 32.1 Å². The summed E-state index contributed by atoms with van der Waals surface area (Å²) in [6.45, 7) is 3.60. The van der Waals surface area contributed by atoms with Crippen LogP contribution >= 0.6 is 0 Å². The average Bonchev–Trinajstić information content (AvgIpc) is 2.75. The summed E-state index contributed by atoms with van der Waals surface area (Å²) in [4.78, 5) is 13.1. The van der Waals surface area contributed by atoms with E-state index in [1.165, 1.54) is 0 Å². The van der Waals surface area contributed by atoms with Crippen molar-refractivity contribution in [2.75, 3.05) is 0 Å². The van der Waals surface area contributed by atoms with Crippen molar-refractivity contribution in [3.8, 4) is 0 Å². The molecule has 6 N–H and O–H groups in total. The van der Waals surface area contributed by atoms with Gasteiger partial charge in [0, 0.05) is 11.8 Å². The van der Waals surface area contributed by atoms with Crippen molar-refractivity contribution in [2.24, 2.45) is 29.6 Å². The van der Waals surface area contributed by atoms with Gasteiger partial charge in [-0.1, -0.05) is 13.8 Å². The highest BCUT2D eigenvalue weighted by Gasteiger charge is 2.51. The van der Waals surface area contributed by atoms with Gasteiger partial charge in [0.2, 0.25) is 0 Å². The van der Waals surface area contributed by atoms with E-state index in [0.717, 1.165) is 0 Å². The third-order valence-electron chi connectivity index (χ3n) is 8.72. The largest absolute Gasteiger partial charge is 0.459 e. The first-order valence-electron chi connectivity index (χ1n) is 12.5. The molecule has 1 saturated heterocycles. The number of rotatable bonds is 3. The lowest BCUT2D eigenvalue weighted by Gasteiger charge is -2.50. The zero-order chi connectivity index (χ0) is 24.0. The van der Waals surface area contributed by atoms with Gasteiger partial charge in [-0.2, -0.15) is 0 Å². The minimum absolute atomic E-state index is 0.127. The maximum atomic E-state index is 13.1. The number of hydrogen-bond acceptors (Lipinski definition) is 9. The average molecular weight is 473 g/mol. The summed E-state index contributed by atoms with van der Waals surface area (Å²) in [5.41, 5.74) is 0. The second kappa shape index (κ2) is 10.0. The number of carbonyl (C=O) groups excluding carboxylic acids is 1. The smallest absolute Gasteiger partial charge is 0.309 e. The first-order chi connectivity index (χ1) is 15.5. The van der Waals surface area contributed by atoms with Crippen LogP contribution in [0.3, 0.4) is 0 Å². The van der Waals surface area contributed by atoms with Crippen LogP contribution in [0.15, 0.2) is 0 Å².